The van der Waals surface area contributed by atoms with Crippen LogP contribution in [0.3, 0.4) is 0 Å². The summed E-state index contributed by atoms with van der Waals surface area (Å²) in [4.78, 5) is 29.7. The fourth-order valence-corrected chi connectivity index (χ4v) is 6.36. The summed E-state index contributed by atoms with van der Waals surface area (Å²) in [7, 11) is -0.718. The number of hydrogen-bond acceptors (Lipinski definition) is 8. The van der Waals surface area contributed by atoms with E-state index in [1.807, 2.05) is 7.05 Å². The number of halogens is 1. The lowest BCUT2D eigenvalue weighted by Crippen LogP contribution is -2.44. The summed E-state index contributed by atoms with van der Waals surface area (Å²) in [5.74, 6) is -1.88. The van der Waals surface area contributed by atoms with Gasteiger partial charge in [-0.25, -0.2) is 12.8 Å². The minimum Gasteiger partial charge on any atom is -0.497 e. The lowest BCUT2D eigenvalue weighted by Gasteiger charge is -2.34. The second-order valence-corrected chi connectivity index (χ2v) is 11.7. The number of primary amides is 1. The van der Waals surface area contributed by atoms with E-state index in [0.717, 1.165) is 44.0 Å². The van der Waals surface area contributed by atoms with Gasteiger partial charge in [0.25, 0.3) is 5.91 Å². The van der Waals surface area contributed by atoms with Crippen molar-refractivity contribution < 1.29 is 27.1 Å². The Balaban J connectivity index is 1.37. The van der Waals surface area contributed by atoms with Crippen LogP contribution in [0.4, 0.5) is 15.9 Å². The second-order valence-electron chi connectivity index (χ2n) is 9.78. The topological polar surface area (TPSA) is 154 Å². The Morgan fingerprint density at radius 1 is 1.07 bits per heavy atom. The number of benzene rings is 2. The number of piperazine rings is 1. The quantitative estimate of drug-likeness (QED) is 0.385. The first kappa shape index (κ1) is 27.6. The van der Waals surface area contributed by atoms with Gasteiger partial charge in [-0.15, -0.1) is 0 Å². The van der Waals surface area contributed by atoms with Gasteiger partial charge in [0.1, 0.15) is 11.6 Å². The van der Waals surface area contributed by atoms with Crippen molar-refractivity contribution in [1.82, 2.24) is 19.4 Å². The van der Waals surface area contributed by atoms with Gasteiger partial charge in [-0.05, 0) is 31.3 Å². The van der Waals surface area contributed by atoms with E-state index in [4.69, 9.17) is 10.5 Å². The van der Waals surface area contributed by atoms with E-state index in [-0.39, 0.29) is 40.7 Å². The van der Waals surface area contributed by atoms with Crippen LogP contribution in [0, 0.1) is 5.82 Å². The number of likely N-dealkylation sites (N-methyl/N-ethyl adjacent to an activating group) is 1. The summed E-state index contributed by atoms with van der Waals surface area (Å²) >= 11 is 0. The number of nitrogens with zero attached hydrogens (tertiary/aromatic N) is 4. The van der Waals surface area contributed by atoms with Crippen molar-refractivity contribution in [3.8, 4) is 5.75 Å². The van der Waals surface area contributed by atoms with E-state index in [2.05, 4.69) is 25.3 Å². The third-order valence-corrected chi connectivity index (χ3v) is 9.05. The third-order valence-electron chi connectivity index (χ3n) is 7.23. The monoisotopic (exact) mass is 571 g/mol. The number of fused-ring (bicyclic) bond motifs is 1. The van der Waals surface area contributed by atoms with Crippen molar-refractivity contribution >= 4 is 33.3 Å². The van der Waals surface area contributed by atoms with E-state index in [9.17, 15) is 22.4 Å². The molecule has 0 atom stereocenters. The molecule has 1 fully saturated rings. The first-order valence-electron chi connectivity index (χ1n) is 12.7. The first-order valence-corrected chi connectivity index (χ1v) is 14.1. The number of anilines is 2. The number of ether oxygens (including phenoxy) is 1. The minimum absolute atomic E-state index is 0.0718. The molecule has 2 amide bonds. The molecule has 212 valence electrons. The van der Waals surface area contributed by atoms with Crippen molar-refractivity contribution in [2.45, 2.75) is 17.9 Å². The number of sulfonamides is 1. The van der Waals surface area contributed by atoms with Crippen LogP contribution in [0.2, 0.25) is 0 Å². The third kappa shape index (κ3) is 5.37. The Hall–Kier alpha value is -4.01. The summed E-state index contributed by atoms with van der Waals surface area (Å²) in [6, 6.07) is 8.22. The van der Waals surface area contributed by atoms with Gasteiger partial charge in [0.15, 0.2) is 5.82 Å². The highest BCUT2D eigenvalue weighted by atomic mass is 32.2. The molecule has 0 bridgehead atoms. The molecule has 3 heterocycles. The number of rotatable bonds is 7. The number of aromatic amines is 1. The highest BCUT2D eigenvalue weighted by Crippen LogP contribution is 2.30. The molecule has 0 saturated carbocycles. The van der Waals surface area contributed by atoms with Crippen LogP contribution in [-0.4, -0.2) is 86.5 Å². The zero-order chi connectivity index (χ0) is 28.6. The van der Waals surface area contributed by atoms with Crippen LogP contribution in [0.15, 0.2) is 41.3 Å². The molecule has 2 aliphatic rings. The summed E-state index contributed by atoms with van der Waals surface area (Å²) in [5.41, 5.74) is 7.72. The van der Waals surface area contributed by atoms with E-state index in [1.54, 1.807) is 18.2 Å². The number of H-pyrrole nitrogens is 1. The van der Waals surface area contributed by atoms with Crippen LogP contribution in [-0.2, 0) is 23.0 Å². The zero-order valence-corrected chi connectivity index (χ0v) is 22.9. The summed E-state index contributed by atoms with van der Waals surface area (Å²) in [6.07, 6.45) is 0.302. The fourth-order valence-electron chi connectivity index (χ4n) is 4.90. The standard InChI is InChI=1S/C26H30FN7O5S/c1-32-7-9-33(10-8-32)17-3-4-20(21(13-17)24(28)35)26(36)29-25-22-15-34(6-5-23(22)30-31-25)40(37,38)19-12-16(27)11-18(14-19)39-2/h3-4,11-14H,5-10,15H2,1-2H3,(H2,28,35)(H2,29,30,31,36). The number of carbonyl (C=O) groups is 2. The van der Waals surface area contributed by atoms with Crippen molar-refractivity contribution in [1.29, 1.82) is 0 Å². The van der Waals surface area contributed by atoms with Crippen molar-refractivity contribution in [3.05, 3.63) is 64.6 Å². The molecule has 14 heteroatoms. The van der Waals surface area contributed by atoms with Gasteiger partial charge in [-0.3, -0.25) is 14.7 Å². The van der Waals surface area contributed by atoms with Gasteiger partial charge in [0.2, 0.25) is 15.9 Å². The molecular weight excluding hydrogens is 541 g/mol. The van der Waals surface area contributed by atoms with Gasteiger partial charge >= 0.3 is 0 Å². The molecule has 2 aromatic carbocycles. The predicted molar refractivity (Wildman–Crippen MR) is 145 cm³/mol. The number of amides is 2. The van der Waals surface area contributed by atoms with Crippen LogP contribution in [0.5, 0.6) is 5.75 Å². The number of methoxy groups -OCH3 is 1. The van der Waals surface area contributed by atoms with Crippen LogP contribution < -0.4 is 20.7 Å². The highest BCUT2D eigenvalue weighted by molar-refractivity contribution is 7.89. The fraction of sp³-hybridized carbons (Fsp3) is 0.346. The Labute approximate surface area is 230 Å². The second kappa shape index (κ2) is 10.9. The average Bonchev–Trinajstić information content (AvgIpc) is 3.34. The Morgan fingerprint density at radius 2 is 1.82 bits per heavy atom. The molecule has 2 aliphatic heterocycles. The number of nitrogens with one attached hydrogen (secondary N) is 2. The SMILES string of the molecule is COc1cc(F)cc(S(=O)(=O)N2CCc3[nH]nc(NC(=O)c4ccc(N5CCN(C)CC5)cc4C(N)=O)c3C2)c1. The van der Waals surface area contributed by atoms with E-state index < -0.39 is 27.7 Å². The summed E-state index contributed by atoms with van der Waals surface area (Å²) < 4.78 is 46.9. The Morgan fingerprint density at radius 3 is 2.52 bits per heavy atom. The maximum atomic E-state index is 14.0. The lowest BCUT2D eigenvalue weighted by atomic mass is 10.0. The zero-order valence-electron chi connectivity index (χ0n) is 22.1. The molecule has 5 rings (SSSR count). The predicted octanol–water partition coefficient (Wildman–Crippen LogP) is 1.41. The molecule has 1 saturated heterocycles. The van der Waals surface area contributed by atoms with Crippen LogP contribution in [0.1, 0.15) is 32.0 Å². The molecule has 12 nitrogen and oxygen atoms in total. The van der Waals surface area contributed by atoms with Gasteiger partial charge in [0, 0.05) is 74.8 Å². The summed E-state index contributed by atoms with van der Waals surface area (Å²) in [6.45, 7) is 3.33. The average molecular weight is 572 g/mol. The molecule has 0 radical (unpaired) electrons. The van der Waals surface area contributed by atoms with E-state index in [1.165, 1.54) is 17.5 Å². The van der Waals surface area contributed by atoms with Crippen LogP contribution in [0.25, 0.3) is 0 Å². The lowest BCUT2D eigenvalue weighted by molar-refractivity contribution is 0.0977. The maximum absolute atomic E-state index is 14.0. The minimum atomic E-state index is -4.08. The molecule has 0 spiro atoms. The molecule has 0 aliphatic carbocycles. The smallest absolute Gasteiger partial charge is 0.257 e. The molecule has 0 unspecified atom stereocenters. The van der Waals surface area contributed by atoms with Crippen molar-refractivity contribution in [2.75, 3.05) is 57.1 Å². The van der Waals surface area contributed by atoms with Gasteiger partial charge in [-0.1, -0.05) is 0 Å². The van der Waals surface area contributed by atoms with Crippen molar-refractivity contribution in [3.63, 3.8) is 0 Å². The molecule has 40 heavy (non-hydrogen) atoms. The molecular formula is C26H30FN7O5S. The van der Waals surface area contributed by atoms with Gasteiger partial charge in [0.05, 0.1) is 23.1 Å². The molecule has 1 aromatic heterocycles. The molecule has 3 aromatic rings. The summed E-state index contributed by atoms with van der Waals surface area (Å²) in [5, 5.41) is 9.72. The van der Waals surface area contributed by atoms with Crippen molar-refractivity contribution in [2.24, 2.45) is 5.73 Å². The largest absolute Gasteiger partial charge is 0.497 e. The maximum Gasteiger partial charge on any atom is 0.257 e. The number of carbonyl (C=O) groups excluding carboxylic acids is 2. The van der Waals surface area contributed by atoms with Gasteiger partial charge in [-0.2, -0.15) is 9.40 Å². The molecule has 4 N–H and O–H groups in total. The number of nitrogens with two attached hydrogens (primary N) is 1. The highest BCUT2D eigenvalue weighted by Gasteiger charge is 2.32. The van der Waals surface area contributed by atoms with Gasteiger partial charge < -0.3 is 25.6 Å². The normalized spacial score (nSPS) is 16.4. The van der Waals surface area contributed by atoms with E-state index in [0.29, 0.717) is 17.7 Å². The Bertz CT molecular complexity index is 1570. The van der Waals surface area contributed by atoms with E-state index >= 15 is 0 Å². The van der Waals surface area contributed by atoms with Crippen LogP contribution >= 0.6 is 0 Å². The number of aromatic nitrogens is 2. The first-order chi connectivity index (χ1) is 19.1. The Kier molecular flexibility index (Phi) is 7.49. The number of hydrogen-bond donors (Lipinski definition) is 3.